The van der Waals surface area contributed by atoms with Crippen LogP contribution in [0.25, 0.3) is 0 Å². The van der Waals surface area contributed by atoms with Gasteiger partial charge in [-0.3, -0.25) is 10.1 Å². The van der Waals surface area contributed by atoms with Gasteiger partial charge in [0.2, 0.25) is 0 Å². The minimum Gasteiger partial charge on any atom is -0.368 e. The molecule has 0 aliphatic carbocycles. The Bertz CT molecular complexity index is 849. The molecule has 6 heteroatoms. The molecular weight excluding hydrogens is 316 g/mol. The van der Waals surface area contributed by atoms with Crippen LogP contribution in [0.5, 0.6) is 0 Å². The first-order valence-corrected chi connectivity index (χ1v) is 8.26. The van der Waals surface area contributed by atoms with E-state index in [-0.39, 0.29) is 5.69 Å². The Morgan fingerprint density at radius 2 is 1.68 bits per heavy atom. The van der Waals surface area contributed by atoms with Gasteiger partial charge >= 0.3 is 0 Å². The number of benzene rings is 2. The molecule has 0 saturated carbocycles. The molecule has 0 bridgehead atoms. The summed E-state index contributed by atoms with van der Waals surface area (Å²) in [7, 11) is 0. The van der Waals surface area contributed by atoms with Crippen molar-refractivity contribution in [1.29, 1.82) is 5.26 Å². The number of anilines is 2. The van der Waals surface area contributed by atoms with Crippen LogP contribution in [0, 0.1) is 35.3 Å². The second-order valence-corrected chi connectivity index (χ2v) is 6.27. The first-order chi connectivity index (χ1) is 12.0. The lowest BCUT2D eigenvalue weighted by Crippen LogP contribution is -2.47. The number of hydrogen-bond acceptors (Lipinski definition) is 5. The maximum Gasteiger partial charge on any atom is 0.293 e. The lowest BCUT2D eigenvalue weighted by Gasteiger charge is -2.38. The van der Waals surface area contributed by atoms with Crippen molar-refractivity contribution < 1.29 is 4.92 Å². The van der Waals surface area contributed by atoms with Gasteiger partial charge < -0.3 is 9.80 Å². The highest BCUT2D eigenvalue weighted by atomic mass is 16.6. The summed E-state index contributed by atoms with van der Waals surface area (Å²) in [6, 6.07) is 12.9. The van der Waals surface area contributed by atoms with Gasteiger partial charge in [0.1, 0.15) is 5.69 Å². The van der Waals surface area contributed by atoms with Crippen molar-refractivity contribution in [2.45, 2.75) is 13.8 Å². The standard InChI is InChI=1S/C19H20N4O2/c1-14-4-3-5-17(15(14)2)21-8-10-22(11-9-21)18-7-6-16(13-20)12-19(18)23(24)25/h3-7,12H,8-11H2,1-2H3. The Hall–Kier alpha value is -3.07. The molecule has 0 spiro atoms. The minimum absolute atomic E-state index is 0.000707. The first kappa shape index (κ1) is 16.8. The average molecular weight is 336 g/mol. The van der Waals surface area contributed by atoms with E-state index in [1.165, 1.54) is 22.9 Å². The molecule has 3 rings (SSSR count). The Labute approximate surface area is 147 Å². The number of nitriles is 1. The summed E-state index contributed by atoms with van der Waals surface area (Å²) >= 11 is 0. The molecule has 0 unspecified atom stereocenters. The van der Waals surface area contributed by atoms with E-state index in [0.29, 0.717) is 24.3 Å². The molecule has 0 N–H and O–H groups in total. The van der Waals surface area contributed by atoms with Gasteiger partial charge in [-0.1, -0.05) is 12.1 Å². The summed E-state index contributed by atoms with van der Waals surface area (Å²) in [6.07, 6.45) is 0. The zero-order chi connectivity index (χ0) is 18.0. The maximum absolute atomic E-state index is 11.4. The first-order valence-electron chi connectivity index (χ1n) is 8.26. The predicted octanol–water partition coefficient (Wildman–Crippen LogP) is 3.41. The van der Waals surface area contributed by atoms with Gasteiger partial charge in [0, 0.05) is 37.9 Å². The second-order valence-electron chi connectivity index (χ2n) is 6.27. The highest BCUT2D eigenvalue weighted by Gasteiger charge is 2.24. The van der Waals surface area contributed by atoms with Crippen molar-refractivity contribution in [2.24, 2.45) is 0 Å². The molecule has 6 nitrogen and oxygen atoms in total. The summed E-state index contributed by atoms with van der Waals surface area (Å²) in [5, 5.41) is 20.3. The average Bonchev–Trinajstić information content (AvgIpc) is 2.63. The van der Waals surface area contributed by atoms with E-state index in [1.54, 1.807) is 12.1 Å². The number of rotatable bonds is 3. The molecule has 128 valence electrons. The zero-order valence-electron chi connectivity index (χ0n) is 14.4. The summed E-state index contributed by atoms with van der Waals surface area (Å²) in [6.45, 7) is 7.26. The molecule has 1 saturated heterocycles. The van der Waals surface area contributed by atoms with Gasteiger partial charge in [-0.2, -0.15) is 5.26 Å². The quantitative estimate of drug-likeness (QED) is 0.634. The highest BCUT2D eigenvalue weighted by Crippen LogP contribution is 2.31. The van der Waals surface area contributed by atoms with Crippen LogP contribution in [-0.2, 0) is 0 Å². The van der Waals surface area contributed by atoms with Crippen LogP contribution in [0.1, 0.15) is 16.7 Å². The van der Waals surface area contributed by atoms with E-state index in [2.05, 4.69) is 36.9 Å². The third-order valence-corrected chi connectivity index (χ3v) is 4.84. The number of aryl methyl sites for hydroxylation is 1. The molecule has 0 aromatic heterocycles. The van der Waals surface area contributed by atoms with Gasteiger partial charge in [0.05, 0.1) is 16.6 Å². The Morgan fingerprint density at radius 3 is 2.28 bits per heavy atom. The van der Waals surface area contributed by atoms with Crippen LogP contribution in [0.4, 0.5) is 17.1 Å². The Kier molecular flexibility index (Phi) is 4.57. The predicted molar refractivity (Wildman–Crippen MR) is 98.2 cm³/mol. The van der Waals surface area contributed by atoms with Crippen LogP contribution in [-0.4, -0.2) is 31.1 Å². The van der Waals surface area contributed by atoms with E-state index in [9.17, 15) is 10.1 Å². The highest BCUT2D eigenvalue weighted by molar-refractivity contribution is 5.67. The van der Waals surface area contributed by atoms with Crippen molar-refractivity contribution in [3.8, 4) is 6.07 Å². The number of piperazine rings is 1. The van der Waals surface area contributed by atoms with Crippen LogP contribution in [0.3, 0.4) is 0 Å². The monoisotopic (exact) mass is 336 g/mol. The van der Waals surface area contributed by atoms with Crippen molar-refractivity contribution >= 4 is 17.1 Å². The summed E-state index contributed by atoms with van der Waals surface area (Å²) in [5.41, 5.74) is 4.67. The molecule has 2 aromatic rings. The number of nitro groups is 1. The third kappa shape index (κ3) is 3.26. The molecule has 1 aliphatic rings. The fourth-order valence-electron chi connectivity index (χ4n) is 3.27. The lowest BCUT2D eigenvalue weighted by atomic mass is 10.1. The molecular formula is C19H20N4O2. The lowest BCUT2D eigenvalue weighted by molar-refractivity contribution is -0.384. The smallest absolute Gasteiger partial charge is 0.293 e. The van der Waals surface area contributed by atoms with Gasteiger partial charge in [0.25, 0.3) is 5.69 Å². The van der Waals surface area contributed by atoms with Gasteiger partial charge in [0.15, 0.2) is 0 Å². The van der Waals surface area contributed by atoms with E-state index in [1.807, 2.05) is 11.0 Å². The molecule has 1 fully saturated rings. The largest absolute Gasteiger partial charge is 0.368 e. The molecule has 1 heterocycles. The maximum atomic E-state index is 11.4. The van der Waals surface area contributed by atoms with Gasteiger partial charge in [-0.25, -0.2) is 0 Å². The second kappa shape index (κ2) is 6.81. The van der Waals surface area contributed by atoms with Crippen LogP contribution in [0.15, 0.2) is 36.4 Å². The minimum atomic E-state index is -0.409. The normalized spacial score (nSPS) is 14.3. The SMILES string of the molecule is Cc1cccc(N2CCN(c3ccc(C#N)cc3[N+](=O)[O-])CC2)c1C. The summed E-state index contributed by atoms with van der Waals surface area (Å²) in [5.74, 6) is 0. The number of hydrogen-bond donors (Lipinski definition) is 0. The Morgan fingerprint density at radius 1 is 1.04 bits per heavy atom. The number of nitrogens with zero attached hydrogens (tertiary/aromatic N) is 4. The third-order valence-electron chi connectivity index (χ3n) is 4.84. The molecule has 0 radical (unpaired) electrons. The van der Waals surface area contributed by atoms with Crippen molar-refractivity contribution in [2.75, 3.05) is 36.0 Å². The molecule has 0 amide bonds. The topological polar surface area (TPSA) is 73.4 Å². The molecule has 25 heavy (non-hydrogen) atoms. The van der Waals surface area contributed by atoms with E-state index >= 15 is 0 Å². The fourth-order valence-corrected chi connectivity index (χ4v) is 3.27. The summed E-state index contributed by atoms with van der Waals surface area (Å²) in [4.78, 5) is 15.3. The van der Waals surface area contributed by atoms with Gasteiger partial charge in [-0.05, 0) is 43.2 Å². The zero-order valence-corrected chi connectivity index (χ0v) is 14.4. The van der Waals surface area contributed by atoms with E-state index < -0.39 is 4.92 Å². The van der Waals surface area contributed by atoms with Gasteiger partial charge in [-0.15, -0.1) is 0 Å². The van der Waals surface area contributed by atoms with Crippen molar-refractivity contribution in [3.63, 3.8) is 0 Å². The van der Waals surface area contributed by atoms with Crippen LogP contribution in [0.2, 0.25) is 0 Å². The van der Waals surface area contributed by atoms with Crippen molar-refractivity contribution in [3.05, 3.63) is 63.2 Å². The summed E-state index contributed by atoms with van der Waals surface area (Å²) < 4.78 is 0. The van der Waals surface area contributed by atoms with Crippen LogP contribution >= 0.6 is 0 Å². The molecule has 2 aromatic carbocycles. The van der Waals surface area contributed by atoms with Crippen LogP contribution < -0.4 is 9.80 Å². The fraction of sp³-hybridized carbons (Fsp3) is 0.316. The van der Waals surface area contributed by atoms with E-state index in [0.717, 1.165) is 13.1 Å². The van der Waals surface area contributed by atoms with E-state index in [4.69, 9.17) is 5.26 Å². The number of nitro benzene ring substituents is 1. The molecule has 1 aliphatic heterocycles. The Balaban J connectivity index is 1.80. The molecule has 0 atom stereocenters. The van der Waals surface area contributed by atoms with Crippen molar-refractivity contribution in [1.82, 2.24) is 0 Å².